The Bertz CT molecular complexity index is 582. The fraction of sp³-hybridized carbons (Fsp3) is 0.565. The number of hydrogen-bond donors (Lipinski definition) is 1. The molecule has 0 aliphatic rings. The molecule has 0 aliphatic carbocycles. The van der Waals surface area contributed by atoms with Crippen LogP contribution >= 0.6 is 0 Å². The van der Waals surface area contributed by atoms with Crippen LogP contribution in [0.3, 0.4) is 0 Å². The van der Waals surface area contributed by atoms with Crippen molar-refractivity contribution in [3.63, 3.8) is 0 Å². The van der Waals surface area contributed by atoms with Crippen LogP contribution in [-0.2, 0) is 11.2 Å². The van der Waals surface area contributed by atoms with Crippen molar-refractivity contribution in [3.05, 3.63) is 47.9 Å². The molecule has 2 heteroatoms. The van der Waals surface area contributed by atoms with Crippen molar-refractivity contribution in [2.24, 2.45) is 5.41 Å². The topological polar surface area (TPSA) is 25.0 Å². The number of nitrogens with one attached hydrogen (secondary N) is 1. The van der Waals surface area contributed by atoms with Gasteiger partial charge in [0.15, 0.2) is 0 Å². The molecule has 2 aromatic rings. The molecule has 0 unspecified atom stereocenters. The SMILES string of the molecule is C=COCC.CC.CC(C)(C)C.CCc1ccc2[nH]c(C)c(C)c2c1. The molecule has 144 valence electrons. The first-order chi connectivity index (χ1) is 11.6. The molecular weight excluding hydrogens is 306 g/mol. The molecule has 0 bridgehead atoms. The van der Waals surface area contributed by atoms with Crippen molar-refractivity contribution in [2.45, 2.75) is 75.7 Å². The maximum absolute atomic E-state index is 4.60. The van der Waals surface area contributed by atoms with Crippen molar-refractivity contribution in [3.8, 4) is 0 Å². The number of aromatic amines is 1. The van der Waals surface area contributed by atoms with Crippen LogP contribution in [0.1, 0.15) is 72.2 Å². The van der Waals surface area contributed by atoms with E-state index in [1.54, 1.807) is 0 Å². The molecule has 0 radical (unpaired) electrons. The van der Waals surface area contributed by atoms with Crippen LogP contribution in [-0.4, -0.2) is 11.6 Å². The fourth-order valence-electron chi connectivity index (χ4n) is 1.85. The Kier molecular flexibility index (Phi) is 13.9. The molecule has 1 heterocycles. The largest absolute Gasteiger partial charge is 0.502 e. The van der Waals surface area contributed by atoms with Gasteiger partial charge in [0.2, 0.25) is 0 Å². The van der Waals surface area contributed by atoms with E-state index in [0.717, 1.165) is 13.0 Å². The molecule has 0 saturated carbocycles. The Morgan fingerprint density at radius 3 is 1.96 bits per heavy atom. The summed E-state index contributed by atoms with van der Waals surface area (Å²) in [6.07, 6.45) is 2.54. The molecule has 2 rings (SSSR count). The van der Waals surface area contributed by atoms with E-state index in [-0.39, 0.29) is 0 Å². The highest BCUT2D eigenvalue weighted by Gasteiger charge is 2.03. The van der Waals surface area contributed by atoms with Crippen LogP contribution in [0.15, 0.2) is 31.0 Å². The standard InChI is InChI=1S/C12H15N.C5H12.C4H8O.C2H6/c1-4-10-5-6-12-11(7-10)8(2)9(3)13-12;1-5(2,3)4;1-3-5-4-2;1-2/h5-7,13H,4H2,1-3H3;1-4H3;3H,1,4H2,2H3;1-2H3. The van der Waals surface area contributed by atoms with Crippen LogP contribution in [0.25, 0.3) is 10.9 Å². The Morgan fingerprint density at radius 2 is 1.60 bits per heavy atom. The molecule has 1 aromatic heterocycles. The molecule has 1 aromatic carbocycles. The molecule has 0 fully saturated rings. The van der Waals surface area contributed by atoms with Gasteiger partial charge < -0.3 is 9.72 Å². The molecule has 1 N–H and O–H groups in total. The summed E-state index contributed by atoms with van der Waals surface area (Å²) >= 11 is 0. The highest BCUT2D eigenvalue weighted by molar-refractivity contribution is 5.84. The summed E-state index contributed by atoms with van der Waals surface area (Å²) in [6, 6.07) is 6.65. The van der Waals surface area contributed by atoms with Crippen LogP contribution in [0, 0.1) is 19.3 Å². The lowest BCUT2D eigenvalue weighted by Gasteiger charge is -2.05. The number of benzene rings is 1. The maximum atomic E-state index is 4.60. The molecular formula is C23H41NO. The highest BCUT2D eigenvalue weighted by Crippen LogP contribution is 2.22. The Hall–Kier alpha value is -1.70. The van der Waals surface area contributed by atoms with E-state index in [2.05, 4.69) is 83.0 Å². The summed E-state index contributed by atoms with van der Waals surface area (Å²) in [5.41, 5.74) is 5.83. The van der Waals surface area contributed by atoms with Crippen LogP contribution < -0.4 is 0 Å². The third-order valence-electron chi connectivity index (χ3n) is 3.07. The normalized spacial score (nSPS) is 9.68. The van der Waals surface area contributed by atoms with E-state index in [1.807, 2.05) is 20.8 Å². The maximum Gasteiger partial charge on any atom is 0.0844 e. The van der Waals surface area contributed by atoms with E-state index >= 15 is 0 Å². The molecule has 0 spiro atoms. The number of ether oxygens (including phenoxy) is 1. The minimum Gasteiger partial charge on any atom is -0.502 e. The average Bonchev–Trinajstić information content (AvgIpc) is 2.83. The van der Waals surface area contributed by atoms with Gasteiger partial charge in [-0.1, -0.05) is 61.1 Å². The van der Waals surface area contributed by atoms with Gasteiger partial charge in [-0.05, 0) is 55.9 Å². The number of aryl methyl sites for hydroxylation is 3. The predicted molar refractivity (Wildman–Crippen MR) is 115 cm³/mol. The van der Waals surface area contributed by atoms with Crippen LogP contribution in [0.4, 0.5) is 0 Å². The van der Waals surface area contributed by atoms with E-state index in [4.69, 9.17) is 0 Å². The van der Waals surface area contributed by atoms with Gasteiger partial charge in [-0.3, -0.25) is 0 Å². The highest BCUT2D eigenvalue weighted by atomic mass is 16.5. The van der Waals surface area contributed by atoms with Gasteiger partial charge in [-0.25, -0.2) is 0 Å². The summed E-state index contributed by atoms with van der Waals surface area (Å²) in [5, 5.41) is 1.37. The third-order valence-corrected chi connectivity index (χ3v) is 3.07. The quantitative estimate of drug-likeness (QED) is 0.568. The van der Waals surface area contributed by atoms with Crippen molar-refractivity contribution in [1.82, 2.24) is 4.98 Å². The second kappa shape index (κ2) is 13.6. The summed E-state index contributed by atoms with van der Waals surface area (Å²) in [5.74, 6) is 0. The zero-order valence-corrected chi connectivity index (χ0v) is 18.3. The lowest BCUT2D eigenvalue weighted by atomic mass is 10.0. The van der Waals surface area contributed by atoms with Crippen LogP contribution in [0.5, 0.6) is 0 Å². The smallest absolute Gasteiger partial charge is 0.0844 e. The molecule has 2 nitrogen and oxygen atoms in total. The van der Waals surface area contributed by atoms with E-state index < -0.39 is 0 Å². The van der Waals surface area contributed by atoms with Crippen LogP contribution in [0.2, 0.25) is 0 Å². The van der Waals surface area contributed by atoms with Gasteiger partial charge in [-0.15, -0.1) is 0 Å². The molecule has 25 heavy (non-hydrogen) atoms. The van der Waals surface area contributed by atoms with Crippen molar-refractivity contribution in [1.29, 1.82) is 0 Å². The number of aromatic nitrogens is 1. The molecule has 0 atom stereocenters. The summed E-state index contributed by atoms with van der Waals surface area (Å²) < 4.78 is 4.60. The summed E-state index contributed by atoms with van der Waals surface area (Å²) in [7, 11) is 0. The van der Waals surface area contributed by atoms with Gasteiger partial charge in [-0.2, -0.15) is 0 Å². The Labute approximate surface area is 156 Å². The van der Waals surface area contributed by atoms with E-state index in [9.17, 15) is 0 Å². The monoisotopic (exact) mass is 347 g/mol. The lowest BCUT2D eigenvalue weighted by Crippen LogP contribution is -1.93. The minimum atomic E-state index is 0.500. The van der Waals surface area contributed by atoms with E-state index in [0.29, 0.717) is 5.41 Å². The van der Waals surface area contributed by atoms with E-state index in [1.165, 1.54) is 34.0 Å². The number of rotatable bonds is 3. The Balaban J connectivity index is 0. The minimum absolute atomic E-state index is 0.500. The molecule has 0 aliphatic heterocycles. The second-order valence-electron chi connectivity index (χ2n) is 7.23. The molecule has 0 saturated heterocycles. The first-order valence-electron chi connectivity index (χ1n) is 9.44. The third kappa shape index (κ3) is 12.3. The zero-order chi connectivity index (χ0) is 20.0. The number of fused-ring (bicyclic) bond motifs is 1. The number of H-pyrrole nitrogens is 1. The zero-order valence-electron chi connectivity index (χ0n) is 18.3. The number of hydrogen-bond acceptors (Lipinski definition) is 1. The van der Waals surface area contributed by atoms with Gasteiger partial charge in [0, 0.05) is 16.6 Å². The first-order valence-corrected chi connectivity index (χ1v) is 9.44. The van der Waals surface area contributed by atoms with Gasteiger partial charge >= 0.3 is 0 Å². The van der Waals surface area contributed by atoms with Gasteiger partial charge in [0.05, 0.1) is 12.9 Å². The first kappa shape index (κ1) is 25.5. The molecule has 0 amide bonds. The van der Waals surface area contributed by atoms with Crippen molar-refractivity contribution in [2.75, 3.05) is 6.61 Å². The Morgan fingerprint density at radius 1 is 1.08 bits per heavy atom. The van der Waals surface area contributed by atoms with Gasteiger partial charge in [0.1, 0.15) is 0 Å². The van der Waals surface area contributed by atoms with Crippen molar-refractivity contribution >= 4 is 10.9 Å². The second-order valence-corrected chi connectivity index (χ2v) is 7.23. The predicted octanol–water partition coefficient (Wildman–Crippen LogP) is 7.59. The average molecular weight is 348 g/mol. The fourth-order valence-corrected chi connectivity index (χ4v) is 1.85. The van der Waals surface area contributed by atoms with Gasteiger partial charge in [0.25, 0.3) is 0 Å². The summed E-state index contributed by atoms with van der Waals surface area (Å²) in [6.45, 7) is 25.2. The van der Waals surface area contributed by atoms with Crippen molar-refractivity contribution < 1.29 is 4.74 Å². The lowest BCUT2D eigenvalue weighted by molar-refractivity contribution is 0.270. The summed E-state index contributed by atoms with van der Waals surface area (Å²) in [4.78, 5) is 3.38.